The highest BCUT2D eigenvalue weighted by atomic mass is 16.3. The zero-order chi connectivity index (χ0) is 14.9. The Labute approximate surface area is 118 Å². The number of carbonyl (C=O) groups excluding carboxylic acids is 2. The molecule has 5 nitrogen and oxygen atoms in total. The predicted molar refractivity (Wildman–Crippen MR) is 76.4 cm³/mol. The summed E-state index contributed by atoms with van der Waals surface area (Å²) < 4.78 is 0. The van der Waals surface area contributed by atoms with Crippen LogP contribution in [0, 0.1) is 0 Å². The van der Waals surface area contributed by atoms with Crippen LogP contribution in [-0.4, -0.2) is 41.0 Å². The molecule has 1 atom stereocenters. The molecule has 1 aromatic carbocycles. The number of anilines is 1. The number of nitrogens with zero attached hydrogens (tertiary/aromatic N) is 1. The topological polar surface area (TPSA) is 69.6 Å². The van der Waals surface area contributed by atoms with Gasteiger partial charge in [-0.15, -0.1) is 0 Å². The molecular weight excluding hydrogens is 256 g/mol. The average Bonchev–Trinajstić information content (AvgIpc) is 2.34. The molecule has 1 aliphatic heterocycles. The second-order valence-electron chi connectivity index (χ2n) is 5.90. The molecule has 20 heavy (non-hydrogen) atoms. The van der Waals surface area contributed by atoms with E-state index in [2.05, 4.69) is 5.32 Å². The van der Waals surface area contributed by atoms with Gasteiger partial charge in [0.05, 0.1) is 11.5 Å². The smallest absolute Gasteiger partial charge is 0.230 e. The van der Waals surface area contributed by atoms with Crippen LogP contribution in [0.4, 0.5) is 5.69 Å². The molecule has 0 spiro atoms. The summed E-state index contributed by atoms with van der Waals surface area (Å²) >= 11 is 0. The molecule has 0 fully saturated rings. The van der Waals surface area contributed by atoms with Crippen LogP contribution in [0.3, 0.4) is 0 Å². The first-order valence-electron chi connectivity index (χ1n) is 6.64. The summed E-state index contributed by atoms with van der Waals surface area (Å²) in [7, 11) is 1.65. The predicted octanol–water partition coefficient (Wildman–Crippen LogP) is 1.34. The lowest BCUT2D eigenvalue weighted by Crippen LogP contribution is -2.43. The van der Waals surface area contributed by atoms with E-state index in [9.17, 15) is 14.7 Å². The molecule has 2 amide bonds. The molecule has 108 valence electrons. The quantitative estimate of drug-likeness (QED) is 0.875. The van der Waals surface area contributed by atoms with Crippen LogP contribution in [0.5, 0.6) is 0 Å². The van der Waals surface area contributed by atoms with Gasteiger partial charge < -0.3 is 15.3 Å². The van der Waals surface area contributed by atoms with Crippen molar-refractivity contribution in [2.45, 2.75) is 31.8 Å². The van der Waals surface area contributed by atoms with Gasteiger partial charge in [0.25, 0.3) is 0 Å². The number of hydrogen-bond donors (Lipinski definition) is 2. The van der Waals surface area contributed by atoms with E-state index in [-0.39, 0.29) is 24.8 Å². The zero-order valence-electron chi connectivity index (χ0n) is 12.0. The lowest BCUT2D eigenvalue weighted by Gasteiger charge is -2.31. The van der Waals surface area contributed by atoms with Crippen molar-refractivity contribution in [3.8, 4) is 0 Å². The van der Waals surface area contributed by atoms with Crippen LogP contribution >= 0.6 is 0 Å². The highest BCUT2D eigenvalue weighted by Gasteiger charge is 2.33. The summed E-state index contributed by atoms with van der Waals surface area (Å²) in [6.45, 7) is 3.53. The molecule has 0 radical (unpaired) electrons. The normalized spacial score (nSPS) is 18.2. The summed E-state index contributed by atoms with van der Waals surface area (Å²) in [6.07, 6.45) is 0.145. The van der Waals surface area contributed by atoms with Gasteiger partial charge in [0.2, 0.25) is 11.8 Å². The van der Waals surface area contributed by atoms with Gasteiger partial charge in [0, 0.05) is 25.7 Å². The Morgan fingerprint density at radius 1 is 1.45 bits per heavy atom. The van der Waals surface area contributed by atoms with Crippen molar-refractivity contribution in [2.75, 3.05) is 18.9 Å². The Kier molecular flexibility index (Phi) is 3.81. The summed E-state index contributed by atoms with van der Waals surface area (Å²) in [5.74, 6) is -0.777. The minimum atomic E-state index is -0.957. The second-order valence-corrected chi connectivity index (χ2v) is 5.90. The molecule has 2 rings (SSSR count). The standard InChI is InChI=1S/C15H20N2O3/c1-15(2,20)9-17(3)14(19)11-8-13(18)16-12-7-5-4-6-10(11)12/h4-7,11,20H,8-9H2,1-3H3,(H,16,18). The Balaban J connectivity index is 2.24. The summed E-state index contributed by atoms with van der Waals surface area (Å²) in [4.78, 5) is 25.7. The Morgan fingerprint density at radius 3 is 2.75 bits per heavy atom. The van der Waals surface area contributed by atoms with Crippen molar-refractivity contribution in [3.63, 3.8) is 0 Å². The number of nitrogens with one attached hydrogen (secondary N) is 1. The monoisotopic (exact) mass is 276 g/mol. The van der Waals surface area contributed by atoms with E-state index < -0.39 is 11.5 Å². The van der Waals surface area contributed by atoms with Crippen LogP contribution in [0.25, 0.3) is 0 Å². The minimum Gasteiger partial charge on any atom is -0.389 e. The fraction of sp³-hybridized carbons (Fsp3) is 0.467. The number of rotatable bonds is 3. The van der Waals surface area contributed by atoms with Crippen LogP contribution in [0.15, 0.2) is 24.3 Å². The molecule has 0 bridgehead atoms. The van der Waals surface area contributed by atoms with Crippen molar-refractivity contribution in [3.05, 3.63) is 29.8 Å². The molecule has 1 aliphatic rings. The van der Waals surface area contributed by atoms with Crippen molar-refractivity contribution in [1.82, 2.24) is 4.90 Å². The SMILES string of the molecule is CN(CC(C)(C)O)C(=O)C1CC(=O)Nc2ccccc21. The van der Waals surface area contributed by atoms with Crippen molar-refractivity contribution >= 4 is 17.5 Å². The summed E-state index contributed by atoms with van der Waals surface area (Å²) in [5, 5.41) is 12.6. The van der Waals surface area contributed by atoms with Gasteiger partial charge in [-0.05, 0) is 25.5 Å². The molecular formula is C15H20N2O3. The van der Waals surface area contributed by atoms with Crippen molar-refractivity contribution < 1.29 is 14.7 Å². The van der Waals surface area contributed by atoms with Crippen LogP contribution in [0.1, 0.15) is 31.7 Å². The largest absolute Gasteiger partial charge is 0.389 e. The van der Waals surface area contributed by atoms with E-state index in [0.29, 0.717) is 5.69 Å². The number of amides is 2. The lowest BCUT2D eigenvalue weighted by molar-refractivity contribution is -0.136. The maximum absolute atomic E-state index is 12.5. The number of para-hydroxylation sites is 1. The molecule has 1 unspecified atom stereocenters. The third-order valence-corrected chi connectivity index (χ3v) is 3.30. The minimum absolute atomic E-state index is 0.144. The highest BCUT2D eigenvalue weighted by molar-refractivity contribution is 6.01. The second kappa shape index (κ2) is 5.25. The number of hydrogen-bond acceptors (Lipinski definition) is 3. The Hall–Kier alpha value is -1.88. The van der Waals surface area contributed by atoms with E-state index in [1.807, 2.05) is 18.2 Å². The lowest BCUT2D eigenvalue weighted by atomic mass is 9.89. The fourth-order valence-electron chi connectivity index (χ4n) is 2.56. The first kappa shape index (κ1) is 14.5. The average molecular weight is 276 g/mol. The Morgan fingerprint density at radius 2 is 2.10 bits per heavy atom. The fourth-order valence-corrected chi connectivity index (χ4v) is 2.56. The molecule has 0 saturated carbocycles. The molecule has 0 aromatic heterocycles. The van der Waals surface area contributed by atoms with E-state index in [1.165, 1.54) is 4.90 Å². The van der Waals surface area contributed by atoms with Gasteiger partial charge in [0.1, 0.15) is 0 Å². The van der Waals surface area contributed by atoms with E-state index >= 15 is 0 Å². The Bertz CT molecular complexity index is 534. The van der Waals surface area contributed by atoms with Gasteiger partial charge in [-0.2, -0.15) is 0 Å². The third kappa shape index (κ3) is 3.17. The van der Waals surface area contributed by atoms with Crippen LogP contribution < -0.4 is 5.32 Å². The third-order valence-electron chi connectivity index (χ3n) is 3.30. The molecule has 0 aliphatic carbocycles. The van der Waals surface area contributed by atoms with E-state index in [0.717, 1.165) is 5.56 Å². The van der Waals surface area contributed by atoms with Gasteiger partial charge in [-0.1, -0.05) is 18.2 Å². The molecule has 5 heteroatoms. The number of carbonyl (C=O) groups is 2. The van der Waals surface area contributed by atoms with E-state index in [1.54, 1.807) is 27.0 Å². The van der Waals surface area contributed by atoms with Crippen LogP contribution in [0.2, 0.25) is 0 Å². The van der Waals surface area contributed by atoms with Gasteiger partial charge >= 0.3 is 0 Å². The van der Waals surface area contributed by atoms with Crippen molar-refractivity contribution in [1.29, 1.82) is 0 Å². The van der Waals surface area contributed by atoms with E-state index in [4.69, 9.17) is 0 Å². The maximum atomic E-state index is 12.5. The molecule has 0 saturated heterocycles. The summed E-state index contributed by atoms with van der Waals surface area (Å²) in [5.41, 5.74) is 0.569. The highest BCUT2D eigenvalue weighted by Crippen LogP contribution is 2.33. The first-order valence-corrected chi connectivity index (χ1v) is 6.64. The molecule has 1 heterocycles. The first-order chi connectivity index (χ1) is 9.28. The molecule has 1 aromatic rings. The number of fused-ring (bicyclic) bond motifs is 1. The maximum Gasteiger partial charge on any atom is 0.230 e. The number of aliphatic hydroxyl groups is 1. The van der Waals surface area contributed by atoms with Gasteiger partial charge in [0.15, 0.2) is 0 Å². The van der Waals surface area contributed by atoms with Crippen LogP contribution in [-0.2, 0) is 9.59 Å². The van der Waals surface area contributed by atoms with Gasteiger partial charge in [-0.25, -0.2) is 0 Å². The number of benzene rings is 1. The molecule has 2 N–H and O–H groups in total. The van der Waals surface area contributed by atoms with Gasteiger partial charge in [-0.3, -0.25) is 9.59 Å². The number of likely N-dealkylation sites (N-methyl/N-ethyl adjacent to an activating group) is 1. The summed E-state index contributed by atoms with van der Waals surface area (Å²) in [6, 6.07) is 7.33. The zero-order valence-corrected chi connectivity index (χ0v) is 12.0. The van der Waals surface area contributed by atoms with Crippen molar-refractivity contribution in [2.24, 2.45) is 0 Å².